The van der Waals surface area contributed by atoms with Crippen molar-refractivity contribution in [3.05, 3.63) is 35.4 Å². The molecule has 1 saturated carbocycles. The number of hydrogen-bond donors (Lipinski definition) is 1. The smallest absolute Gasteiger partial charge is 0.326 e. The number of aliphatic carboxylic acids is 1. The summed E-state index contributed by atoms with van der Waals surface area (Å²) in [6.07, 6.45) is 3.06. The quantitative estimate of drug-likeness (QED) is 0.898. The Morgan fingerprint density at radius 1 is 1.26 bits per heavy atom. The van der Waals surface area contributed by atoms with Crippen LogP contribution in [-0.2, 0) is 10.5 Å². The third-order valence-electron chi connectivity index (χ3n) is 5.08. The number of likely N-dealkylation sites (tertiary alicyclic amines) is 1. The minimum absolute atomic E-state index is 0.136. The van der Waals surface area contributed by atoms with Crippen molar-refractivity contribution >= 4 is 23.6 Å². The number of fused-ring (bicyclic) bond motifs is 1. The normalized spacial score (nSPS) is 26.3. The van der Waals surface area contributed by atoms with Gasteiger partial charge >= 0.3 is 5.97 Å². The number of carbonyl (C=O) groups excluding carboxylic acids is 1. The molecule has 1 amide bonds. The maximum absolute atomic E-state index is 12.8. The molecule has 3 unspecified atom stereocenters. The molecular formula is C18H23NO3S. The SMILES string of the molecule is CCSCc1ccc(C(=O)N2CC3CCCC3C2C(=O)O)cc1. The summed E-state index contributed by atoms with van der Waals surface area (Å²) in [6, 6.07) is 6.97. The Bertz CT molecular complexity index is 586. The van der Waals surface area contributed by atoms with E-state index in [0.29, 0.717) is 18.0 Å². The molecule has 3 atom stereocenters. The Hall–Kier alpha value is -1.49. The fourth-order valence-electron chi connectivity index (χ4n) is 3.96. The zero-order valence-electron chi connectivity index (χ0n) is 13.4. The third-order valence-corrected chi connectivity index (χ3v) is 6.02. The van der Waals surface area contributed by atoms with E-state index in [2.05, 4.69) is 6.92 Å². The van der Waals surface area contributed by atoms with Gasteiger partial charge in [0.2, 0.25) is 0 Å². The highest BCUT2D eigenvalue weighted by Gasteiger charge is 2.49. The molecule has 124 valence electrons. The fourth-order valence-corrected chi connectivity index (χ4v) is 4.59. The van der Waals surface area contributed by atoms with Gasteiger partial charge in [-0.05, 0) is 48.1 Å². The van der Waals surface area contributed by atoms with Crippen LogP contribution in [-0.4, -0.2) is 40.2 Å². The van der Waals surface area contributed by atoms with Crippen LogP contribution < -0.4 is 0 Å². The van der Waals surface area contributed by atoms with E-state index in [1.54, 1.807) is 4.90 Å². The molecule has 23 heavy (non-hydrogen) atoms. The number of carboxylic acids is 1. The summed E-state index contributed by atoms with van der Waals surface area (Å²) in [5.41, 5.74) is 1.79. The van der Waals surface area contributed by atoms with Gasteiger partial charge in [-0.25, -0.2) is 4.79 Å². The Kier molecular flexibility index (Phi) is 4.95. The largest absolute Gasteiger partial charge is 0.480 e. The topological polar surface area (TPSA) is 57.6 Å². The zero-order valence-corrected chi connectivity index (χ0v) is 14.2. The van der Waals surface area contributed by atoms with E-state index in [9.17, 15) is 14.7 Å². The first-order chi connectivity index (χ1) is 11.1. The molecule has 1 N–H and O–H groups in total. The van der Waals surface area contributed by atoms with E-state index < -0.39 is 12.0 Å². The lowest BCUT2D eigenvalue weighted by Gasteiger charge is -2.24. The van der Waals surface area contributed by atoms with Gasteiger partial charge in [-0.15, -0.1) is 0 Å². The Labute approximate surface area is 141 Å². The predicted octanol–water partition coefficient (Wildman–Crippen LogP) is 3.27. The van der Waals surface area contributed by atoms with Gasteiger partial charge in [-0.2, -0.15) is 11.8 Å². The molecule has 1 saturated heterocycles. The van der Waals surface area contributed by atoms with E-state index in [4.69, 9.17) is 0 Å². The molecule has 1 aliphatic carbocycles. The number of carboxylic acid groups (broad SMARTS) is 1. The van der Waals surface area contributed by atoms with Crippen LogP contribution in [0.25, 0.3) is 0 Å². The van der Waals surface area contributed by atoms with Gasteiger partial charge in [0, 0.05) is 17.9 Å². The van der Waals surface area contributed by atoms with E-state index in [1.807, 2.05) is 36.0 Å². The van der Waals surface area contributed by atoms with Crippen LogP contribution in [0.4, 0.5) is 0 Å². The van der Waals surface area contributed by atoms with Crippen LogP contribution in [0.2, 0.25) is 0 Å². The van der Waals surface area contributed by atoms with E-state index in [0.717, 1.165) is 30.8 Å². The molecule has 1 heterocycles. The average Bonchev–Trinajstić information content (AvgIpc) is 3.12. The van der Waals surface area contributed by atoms with E-state index >= 15 is 0 Å². The number of thioether (sulfide) groups is 1. The van der Waals surface area contributed by atoms with E-state index in [1.165, 1.54) is 5.56 Å². The molecule has 0 spiro atoms. The number of hydrogen-bond acceptors (Lipinski definition) is 3. The van der Waals surface area contributed by atoms with Crippen molar-refractivity contribution in [2.45, 2.75) is 38.0 Å². The summed E-state index contributed by atoms with van der Waals surface area (Å²) in [6.45, 7) is 2.72. The molecule has 4 nitrogen and oxygen atoms in total. The highest BCUT2D eigenvalue weighted by atomic mass is 32.2. The minimum atomic E-state index is -0.858. The molecule has 2 aliphatic rings. The second-order valence-electron chi connectivity index (χ2n) is 6.43. The van der Waals surface area contributed by atoms with Crippen molar-refractivity contribution in [3.63, 3.8) is 0 Å². The fraction of sp³-hybridized carbons (Fsp3) is 0.556. The Morgan fingerprint density at radius 2 is 2.00 bits per heavy atom. The standard InChI is InChI=1S/C18H23NO3S/c1-2-23-11-12-6-8-13(9-7-12)17(20)19-10-14-4-3-5-15(14)16(19)18(21)22/h6-9,14-16H,2-5,10-11H2,1H3,(H,21,22). The summed E-state index contributed by atoms with van der Waals surface area (Å²) in [5, 5.41) is 9.57. The monoisotopic (exact) mass is 333 g/mol. The first kappa shape index (κ1) is 16.4. The highest BCUT2D eigenvalue weighted by molar-refractivity contribution is 7.98. The van der Waals surface area contributed by atoms with Crippen LogP contribution in [0, 0.1) is 11.8 Å². The van der Waals surface area contributed by atoms with Crippen molar-refractivity contribution in [3.8, 4) is 0 Å². The van der Waals surface area contributed by atoms with Gasteiger partial charge in [0.1, 0.15) is 6.04 Å². The molecule has 1 aromatic carbocycles. The maximum Gasteiger partial charge on any atom is 0.326 e. The maximum atomic E-state index is 12.8. The summed E-state index contributed by atoms with van der Waals surface area (Å²) in [5.74, 6) is 1.51. The van der Waals surface area contributed by atoms with Gasteiger partial charge in [0.25, 0.3) is 5.91 Å². The summed E-state index contributed by atoms with van der Waals surface area (Å²) in [4.78, 5) is 26.0. The highest BCUT2D eigenvalue weighted by Crippen LogP contribution is 2.42. The van der Waals surface area contributed by atoms with Crippen LogP contribution in [0.5, 0.6) is 0 Å². The molecule has 3 rings (SSSR count). The average molecular weight is 333 g/mol. The second-order valence-corrected chi connectivity index (χ2v) is 7.70. The number of nitrogens with zero attached hydrogens (tertiary/aromatic N) is 1. The van der Waals surface area contributed by atoms with Crippen molar-refractivity contribution < 1.29 is 14.7 Å². The lowest BCUT2D eigenvalue weighted by Crippen LogP contribution is -2.43. The van der Waals surface area contributed by atoms with Gasteiger partial charge in [0.15, 0.2) is 0 Å². The number of benzene rings is 1. The summed E-state index contributed by atoms with van der Waals surface area (Å²) in [7, 11) is 0. The molecule has 0 bridgehead atoms. The first-order valence-electron chi connectivity index (χ1n) is 8.32. The number of rotatable bonds is 5. The minimum Gasteiger partial charge on any atom is -0.480 e. The van der Waals surface area contributed by atoms with Crippen LogP contribution >= 0.6 is 11.8 Å². The molecule has 1 aliphatic heterocycles. The molecule has 1 aromatic rings. The number of amides is 1. The molecule has 2 fully saturated rings. The van der Waals surface area contributed by atoms with Crippen molar-refractivity contribution in [2.75, 3.05) is 12.3 Å². The Balaban J connectivity index is 1.75. The van der Waals surface area contributed by atoms with Crippen LogP contribution in [0.15, 0.2) is 24.3 Å². The molecular weight excluding hydrogens is 310 g/mol. The van der Waals surface area contributed by atoms with Crippen molar-refractivity contribution in [1.29, 1.82) is 0 Å². The predicted molar refractivity (Wildman–Crippen MR) is 91.6 cm³/mol. The van der Waals surface area contributed by atoms with Crippen molar-refractivity contribution in [2.24, 2.45) is 11.8 Å². The lowest BCUT2D eigenvalue weighted by molar-refractivity contribution is -0.142. The van der Waals surface area contributed by atoms with Crippen LogP contribution in [0.3, 0.4) is 0 Å². The van der Waals surface area contributed by atoms with Gasteiger partial charge in [-0.1, -0.05) is 25.5 Å². The summed E-state index contributed by atoms with van der Waals surface area (Å²) >= 11 is 1.84. The van der Waals surface area contributed by atoms with Crippen molar-refractivity contribution in [1.82, 2.24) is 4.90 Å². The Morgan fingerprint density at radius 3 is 2.65 bits per heavy atom. The summed E-state index contributed by atoms with van der Waals surface area (Å²) < 4.78 is 0. The molecule has 5 heteroatoms. The van der Waals surface area contributed by atoms with Gasteiger partial charge in [0.05, 0.1) is 0 Å². The second kappa shape index (κ2) is 6.95. The van der Waals surface area contributed by atoms with Gasteiger partial charge < -0.3 is 10.0 Å². The third kappa shape index (κ3) is 3.25. The zero-order chi connectivity index (χ0) is 16.4. The number of carbonyl (C=O) groups is 2. The molecule has 0 aromatic heterocycles. The molecule has 0 radical (unpaired) electrons. The van der Waals surface area contributed by atoms with E-state index in [-0.39, 0.29) is 11.8 Å². The lowest BCUT2D eigenvalue weighted by atomic mass is 9.94. The van der Waals surface area contributed by atoms with Crippen LogP contribution in [0.1, 0.15) is 42.1 Å². The first-order valence-corrected chi connectivity index (χ1v) is 9.47. The van der Waals surface area contributed by atoms with Gasteiger partial charge in [-0.3, -0.25) is 4.79 Å².